The lowest BCUT2D eigenvalue weighted by atomic mass is 10.2. The number of carbonyl (C=O) groups is 1. The predicted molar refractivity (Wildman–Crippen MR) is 83.2 cm³/mol. The first kappa shape index (κ1) is 14.4. The van der Waals surface area contributed by atoms with E-state index in [1.165, 1.54) is 0 Å². The predicted octanol–water partition coefficient (Wildman–Crippen LogP) is 2.40. The second kappa shape index (κ2) is 6.09. The number of benzene rings is 1. The highest BCUT2D eigenvalue weighted by molar-refractivity contribution is 5.75. The van der Waals surface area contributed by atoms with Gasteiger partial charge in [-0.05, 0) is 44.0 Å². The van der Waals surface area contributed by atoms with Crippen LogP contribution in [0.4, 0.5) is 4.79 Å². The summed E-state index contributed by atoms with van der Waals surface area (Å²) < 4.78 is 6.93. The maximum atomic E-state index is 11.8. The van der Waals surface area contributed by atoms with E-state index >= 15 is 0 Å². The number of hydrogen-bond acceptors (Lipinski definition) is 3. The SMILES string of the molecule is COc1ccc(-n2cc([C@@H](C)NC(=O)NC3CC3)cn2)cc1. The molecule has 2 aromatic rings. The average molecular weight is 300 g/mol. The number of methoxy groups -OCH3 is 1. The Bertz CT molecular complexity index is 646. The first-order valence-corrected chi connectivity index (χ1v) is 7.42. The summed E-state index contributed by atoms with van der Waals surface area (Å²) in [4.78, 5) is 11.8. The first-order valence-electron chi connectivity index (χ1n) is 7.42. The highest BCUT2D eigenvalue weighted by Gasteiger charge is 2.24. The van der Waals surface area contributed by atoms with E-state index in [1.54, 1.807) is 18.0 Å². The van der Waals surface area contributed by atoms with Gasteiger partial charge in [-0.3, -0.25) is 0 Å². The smallest absolute Gasteiger partial charge is 0.315 e. The number of aromatic nitrogens is 2. The van der Waals surface area contributed by atoms with Gasteiger partial charge in [-0.25, -0.2) is 9.48 Å². The Kier molecular flexibility index (Phi) is 4.00. The van der Waals surface area contributed by atoms with Crippen LogP contribution in [0, 0.1) is 0 Å². The molecule has 6 nitrogen and oxygen atoms in total. The van der Waals surface area contributed by atoms with Crippen molar-refractivity contribution in [2.24, 2.45) is 0 Å². The Morgan fingerprint density at radius 1 is 1.36 bits per heavy atom. The second-order valence-electron chi connectivity index (χ2n) is 5.53. The molecule has 3 rings (SSSR count). The Morgan fingerprint density at radius 2 is 2.09 bits per heavy atom. The zero-order chi connectivity index (χ0) is 15.5. The molecule has 1 aliphatic carbocycles. The maximum Gasteiger partial charge on any atom is 0.315 e. The zero-order valence-electron chi connectivity index (χ0n) is 12.7. The van der Waals surface area contributed by atoms with Crippen molar-refractivity contribution >= 4 is 6.03 Å². The molecule has 2 N–H and O–H groups in total. The van der Waals surface area contributed by atoms with E-state index in [4.69, 9.17) is 4.74 Å². The molecule has 2 amide bonds. The lowest BCUT2D eigenvalue weighted by Gasteiger charge is -2.12. The van der Waals surface area contributed by atoms with Crippen LogP contribution in [0.2, 0.25) is 0 Å². The van der Waals surface area contributed by atoms with Crippen molar-refractivity contribution < 1.29 is 9.53 Å². The molecule has 0 unspecified atom stereocenters. The molecule has 1 saturated carbocycles. The van der Waals surface area contributed by atoms with Crippen LogP contribution in [-0.4, -0.2) is 29.0 Å². The molecule has 1 aromatic heterocycles. The minimum absolute atomic E-state index is 0.0919. The summed E-state index contributed by atoms with van der Waals surface area (Å²) in [6.45, 7) is 1.95. The molecule has 6 heteroatoms. The number of rotatable bonds is 5. The topological polar surface area (TPSA) is 68.2 Å². The monoisotopic (exact) mass is 300 g/mol. The Hall–Kier alpha value is -2.50. The molecule has 1 aliphatic rings. The Balaban J connectivity index is 1.65. The van der Waals surface area contributed by atoms with Crippen molar-refractivity contribution in [3.63, 3.8) is 0 Å². The van der Waals surface area contributed by atoms with E-state index in [2.05, 4.69) is 15.7 Å². The van der Waals surface area contributed by atoms with Crippen LogP contribution < -0.4 is 15.4 Å². The molecular formula is C16H20N4O2. The van der Waals surface area contributed by atoms with E-state index in [0.29, 0.717) is 6.04 Å². The van der Waals surface area contributed by atoms with Gasteiger partial charge in [0.25, 0.3) is 0 Å². The maximum absolute atomic E-state index is 11.8. The van der Waals surface area contributed by atoms with E-state index in [1.807, 2.05) is 37.4 Å². The summed E-state index contributed by atoms with van der Waals surface area (Å²) in [6, 6.07) is 7.80. The number of ether oxygens (including phenoxy) is 1. The number of carbonyl (C=O) groups excluding carboxylic acids is 1. The number of hydrogen-bond donors (Lipinski definition) is 2. The van der Waals surface area contributed by atoms with Crippen molar-refractivity contribution in [3.05, 3.63) is 42.2 Å². The van der Waals surface area contributed by atoms with E-state index in [-0.39, 0.29) is 12.1 Å². The standard InChI is InChI=1S/C16H20N4O2/c1-11(18-16(21)19-13-3-4-13)12-9-17-20(10-12)14-5-7-15(22-2)8-6-14/h5-11,13H,3-4H2,1-2H3,(H2,18,19,21)/t11-/m1/s1. The fourth-order valence-corrected chi connectivity index (χ4v) is 2.17. The van der Waals surface area contributed by atoms with Gasteiger partial charge in [-0.1, -0.05) is 0 Å². The van der Waals surface area contributed by atoms with E-state index in [0.717, 1.165) is 29.8 Å². The third kappa shape index (κ3) is 3.39. The highest BCUT2D eigenvalue weighted by atomic mass is 16.5. The van der Waals surface area contributed by atoms with Gasteiger partial charge in [0.15, 0.2) is 0 Å². The Labute approximate surface area is 129 Å². The third-order valence-electron chi connectivity index (χ3n) is 3.70. The quantitative estimate of drug-likeness (QED) is 0.891. The van der Waals surface area contributed by atoms with Gasteiger partial charge in [-0.15, -0.1) is 0 Å². The van der Waals surface area contributed by atoms with Gasteiger partial charge in [0.1, 0.15) is 5.75 Å². The van der Waals surface area contributed by atoms with Gasteiger partial charge >= 0.3 is 6.03 Å². The van der Waals surface area contributed by atoms with E-state index in [9.17, 15) is 4.79 Å². The molecule has 22 heavy (non-hydrogen) atoms. The number of amides is 2. The number of nitrogens with one attached hydrogen (secondary N) is 2. The highest BCUT2D eigenvalue weighted by Crippen LogP contribution is 2.19. The lowest BCUT2D eigenvalue weighted by molar-refractivity contribution is 0.237. The zero-order valence-corrected chi connectivity index (χ0v) is 12.7. The molecule has 0 aliphatic heterocycles. The molecule has 116 valence electrons. The van der Waals surface area contributed by atoms with Crippen LogP contribution in [0.5, 0.6) is 5.75 Å². The van der Waals surface area contributed by atoms with Crippen molar-refractivity contribution in [2.45, 2.75) is 31.8 Å². The van der Waals surface area contributed by atoms with Crippen LogP contribution in [0.15, 0.2) is 36.7 Å². The van der Waals surface area contributed by atoms with Gasteiger partial charge < -0.3 is 15.4 Å². The van der Waals surface area contributed by atoms with Crippen LogP contribution in [0.3, 0.4) is 0 Å². The normalized spacial score (nSPS) is 15.2. The van der Waals surface area contributed by atoms with Crippen molar-refractivity contribution in [2.75, 3.05) is 7.11 Å². The molecule has 0 spiro atoms. The van der Waals surface area contributed by atoms with Gasteiger partial charge in [0.2, 0.25) is 0 Å². The van der Waals surface area contributed by atoms with Crippen LogP contribution in [0.1, 0.15) is 31.4 Å². The second-order valence-corrected chi connectivity index (χ2v) is 5.53. The fourth-order valence-electron chi connectivity index (χ4n) is 2.17. The summed E-state index contributed by atoms with van der Waals surface area (Å²) >= 11 is 0. The van der Waals surface area contributed by atoms with Crippen LogP contribution in [0.25, 0.3) is 5.69 Å². The van der Waals surface area contributed by atoms with Gasteiger partial charge in [0, 0.05) is 17.8 Å². The van der Waals surface area contributed by atoms with Crippen LogP contribution >= 0.6 is 0 Å². The first-order chi connectivity index (χ1) is 10.7. The molecule has 1 fully saturated rings. The minimum atomic E-state index is -0.118. The lowest BCUT2D eigenvalue weighted by Crippen LogP contribution is -2.38. The number of urea groups is 1. The molecular weight excluding hydrogens is 280 g/mol. The number of nitrogens with zero attached hydrogens (tertiary/aromatic N) is 2. The van der Waals surface area contributed by atoms with Crippen LogP contribution in [-0.2, 0) is 0 Å². The molecule has 1 heterocycles. The largest absolute Gasteiger partial charge is 0.497 e. The van der Waals surface area contributed by atoms with Gasteiger partial charge in [-0.2, -0.15) is 5.10 Å². The minimum Gasteiger partial charge on any atom is -0.497 e. The summed E-state index contributed by atoms with van der Waals surface area (Å²) in [5.41, 5.74) is 1.91. The molecule has 0 radical (unpaired) electrons. The molecule has 0 saturated heterocycles. The third-order valence-corrected chi connectivity index (χ3v) is 3.70. The summed E-state index contributed by atoms with van der Waals surface area (Å²) in [7, 11) is 1.64. The van der Waals surface area contributed by atoms with Crippen molar-refractivity contribution in [3.8, 4) is 11.4 Å². The molecule has 0 bridgehead atoms. The Morgan fingerprint density at radius 3 is 2.73 bits per heavy atom. The van der Waals surface area contributed by atoms with Crippen molar-refractivity contribution in [1.29, 1.82) is 0 Å². The van der Waals surface area contributed by atoms with E-state index < -0.39 is 0 Å². The fraction of sp³-hybridized carbons (Fsp3) is 0.375. The van der Waals surface area contributed by atoms with Gasteiger partial charge in [0.05, 0.1) is 25.0 Å². The molecule has 1 aromatic carbocycles. The summed E-state index contributed by atoms with van der Waals surface area (Å²) in [5, 5.41) is 10.2. The average Bonchev–Trinajstić information content (AvgIpc) is 3.19. The van der Waals surface area contributed by atoms with Crippen molar-refractivity contribution in [1.82, 2.24) is 20.4 Å². The molecule has 1 atom stereocenters. The summed E-state index contributed by atoms with van der Waals surface area (Å²) in [6.07, 6.45) is 5.85. The summed E-state index contributed by atoms with van der Waals surface area (Å²) in [5.74, 6) is 0.808.